The van der Waals surface area contributed by atoms with Crippen LogP contribution in [0, 0.1) is 0 Å². The van der Waals surface area contributed by atoms with Crippen LogP contribution in [0.3, 0.4) is 0 Å². The summed E-state index contributed by atoms with van der Waals surface area (Å²) in [6, 6.07) is 4.10. The van der Waals surface area contributed by atoms with E-state index in [1.165, 1.54) is 24.3 Å². The molecule has 9 heteroatoms. The standard InChI is InChI=1S/C15H17F2N3O4/c1-2-3-11-13(22)20(15(23)19-11)8-12(21)18-9-4-6-10(7-5-9)24-14(16)17/h4-7,11,14H,2-3,8H2,1H3,(H,18,21)(H,19,23)/t11-/m0/s1. The van der Waals surface area contributed by atoms with Gasteiger partial charge in [-0.25, -0.2) is 4.79 Å². The molecule has 24 heavy (non-hydrogen) atoms. The van der Waals surface area contributed by atoms with E-state index in [0.29, 0.717) is 12.1 Å². The Morgan fingerprint density at radius 3 is 2.58 bits per heavy atom. The van der Waals surface area contributed by atoms with Crippen molar-refractivity contribution in [2.45, 2.75) is 32.4 Å². The lowest BCUT2D eigenvalue weighted by molar-refractivity contribution is -0.130. The fourth-order valence-corrected chi connectivity index (χ4v) is 2.27. The average Bonchev–Trinajstić information content (AvgIpc) is 2.77. The number of nitrogens with one attached hydrogen (secondary N) is 2. The third-order valence-corrected chi connectivity index (χ3v) is 3.35. The largest absolute Gasteiger partial charge is 0.435 e. The van der Waals surface area contributed by atoms with Gasteiger partial charge >= 0.3 is 12.6 Å². The highest BCUT2D eigenvalue weighted by Crippen LogP contribution is 2.18. The molecule has 1 aromatic rings. The highest BCUT2D eigenvalue weighted by atomic mass is 19.3. The summed E-state index contributed by atoms with van der Waals surface area (Å²) in [4.78, 5) is 36.5. The maximum absolute atomic E-state index is 12.1. The quantitative estimate of drug-likeness (QED) is 0.742. The summed E-state index contributed by atoms with van der Waals surface area (Å²) in [5, 5.41) is 5.00. The maximum atomic E-state index is 12.1. The zero-order chi connectivity index (χ0) is 17.7. The van der Waals surface area contributed by atoms with Crippen molar-refractivity contribution in [3.05, 3.63) is 24.3 Å². The summed E-state index contributed by atoms with van der Waals surface area (Å²) in [5.74, 6) is -1.05. The summed E-state index contributed by atoms with van der Waals surface area (Å²) in [6.45, 7) is -1.46. The van der Waals surface area contributed by atoms with Crippen LogP contribution in [0.4, 0.5) is 19.3 Å². The molecule has 7 nitrogen and oxygen atoms in total. The minimum Gasteiger partial charge on any atom is -0.435 e. The number of ether oxygens (including phenoxy) is 1. The lowest BCUT2D eigenvalue weighted by atomic mass is 10.2. The second-order valence-electron chi connectivity index (χ2n) is 5.17. The van der Waals surface area contributed by atoms with Crippen LogP contribution in [-0.4, -0.2) is 41.9 Å². The van der Waals surface area contributed by atoms with Gasteiger partial charge in [0.1, 0.15) is 18.3 Å². The van der Waals surface area contributed by atoms with E-state index in [-0.39, 0.29) is 5.75 Å². The molecule has 0 saturated carbocycles. The van der Waals surface area contributed by atoms with Gasteiger partial charge in [0.2, 0.25) is 5.91 Å². The summed E-state index contributed by atoms with van der Waals surface area (Å²) in [5.41, 5.74) is 0.332. The first-order chi connectivity index (χ1) is 11.4. The number of carbonyl (C=O) groups excluding carboxylic acids is 3. The monoisotopic (exact) mass is 341 g/mol. The number of benzene rings is 1. The normalized spacial score (nSPS) is 17.2. The molecule has 0 radical (unpaired) electrons. The van der Waals surface area contributed by atoms with Crippen molar-refractivity contribution in [3.8, 4) is 5.75 Å². The maximum Gasteiger partial charge on any atom is 0.387 e. The zero-order valence-corrected chi connectivity index (χ0v) is 12.9. The molecule has 1 aromatic carbocycles. The van der Waals surface area contributed by atoms with Gasteiger partial charge in [-0.1, -0.05) is 13.3 Å². The second kappa shape index (κ2) is 7.71. The highest BCUT2D eigenvalue weighted by Gasteiger charge is 2.38. The van der Waals surface area contributed by atoms with E-state index in [1.807, 2.05) is 6.92 Å². The van der Waals surface area contributed by atoms with Crippen LogP contribution in [0.1, 0.15) is 19.8 Å². The lowest BCUT2D eigenvalue weighted by Gasteiger charge is -2.13. The third-order valence-electron chi connectivity index (χ3n) is 3.35. The van der Waals surface area contributed by atoms with Crippen molar-refractivity contribution in [1.29, 1.82) is 0 Å². The summed E-state index contributed by atoms with van der Waals surface area (Å²) in [6.07, 6.45) is 1.23. The molecule has 1 saturated heterocycles. The minimum absolute atomic E-state index is 0.0421. The number of alkyl halides is 2. The number of rotatable bonds is 7. The molecule has 0 aliphatic carbocycles. The molecule has 4 amide bonds. The third kappa shape index (κ3) is 4.40. The number of urea groups is 1. The first-order valence-electron chi connectivity index (χ1n) is 7.37. The molecule has 2 N–H and O–H groups in total. The van der Waals surface area contributed by atoms with Crippen LogP contribution < -0.4 is 15.4 Å². The van der Waals surface area contributed by atoms with Gasteiger partial charge in [0.25, 0.3) is 5.91 Å². The molecule has 2 rings (SSSR count). The van der Waals surface area contributed by atoms with Gasteiger partial charge in [-0.3, -0.25) is 14.5 Å². The molecule has 1 aliphatic rings. The number of anilines is 1. The molecule has 1 atom stereocenters. The van der Waals surface area contributed by atoms with Gasteiger partial charge in [-0.2, -0.15) is 8.78 Å². The molecular formula is C15H17F2N3O4. The Morgan fingerprint density at radius 1 is 1.33 bits per heavy atom. The predicted molar refractivity (Wildman–Crippen MR) is 80.6 cm³/mol. The van der Waals surface area contributed by atoms with E-state index in [9.17, 15) is 23.2 Å². The SMILES string of the molecule is CCC[C@@H]1NC(=O)N(CC(=O)Nc2ccc(OC(F)F)cc2)C1=O. The predicted octanol–water partition coefficient (Wildman–Crippen LogP) is 1.95. The van der Waals surface area contributed by atoms with Gasteiger partial charge in [0, 0.05) is 5.69 Å². The molecule has 0 unspecified atom stereocenters. The highest BCUT2D eigenvalue weighted by molar-refractivity contribution is 6.07. The van der Waals surface area contributed by atoms with Crippen LogP contribution in [0.2, 0.25) is 0 Å². The Labute approximate surface area is 136 Å². The Hall–Kier alpha value is -2.71. The Balaban J connectivity index is 1.91. The smallest absolute Gasteiger partial charge is 0.387 e. The summed E-state index contributed by atoms with van der Waals surface area (Å²) in [7, 11) is 0. The van der Waals surface area contributed by atoms with E-state index < -0.39 is 37.0 Å². The van der Waals surface area contributed by atoms with Crippen molar-refractivity contribution >= 4 is 23.5 Å². The van der Waals surface area contributed by atoms with Crippen LogP contribution in [0.25, 0.3) is 0 Å². The van der Waals surface area contributed by atoms with Gasteiger partial charge in [-0.05, 0) is 30.7 Å². The van der Waals surface area contributed by atoms with Crippen LogP contribution in [-0.2, 0) is 9.59 Å². The fourth-order valence-electron chi connectivity index (χ4n) is 2.27. The summed E-state index contributed by atoms with van der Waals surface area (Å²) < 4.78 is 28.3. The van der Waals surface area contributed by atoms with Gasteiger partial charge in [0.15, 0.2) is 0 Å². The van der Waals surface area contributed by atoms with Crippen molar-refractivity contribution in [2.75, 3.05) is 11.9 Å². The number of amides is 4. The van der Waals surface area contributed by atoms with Crippen molar-refractivity contribution < 1.29 is 27.9 Å². The van der Waals surface area contributed by atoms with Gasteiger partial charge in [-0.15, -0.1) is 0 Å². The van der Waals surface area contributed by atoms with E-state index in [4.69, 9.17) is 0 Å². The molecule has 0 bridgehead atoms. The first kappa shape index (κ1) is 17.6. The first-order valence-corrected chi connectivity index (χ1v) is 7.37. The number of hydrogen-bond donors (Lipinski definition) is 2. The van der Waals surface area contributed by atoms with Crippen LogP contribution in [0.5, 0.6) is 5.75 Å². The van der Waals surface area contributed by atoms with Crippen molar-refractivity contribution in [1.82, 2.24) is 10.2 Å². The number of halogens is 2. The average molecular weight is 341 g/mol. The molecule has 1 fully saturated rings. The molecular weight excluding hydrogens is 324 g/mol. The Kier molecular flexibility index (Phi) is 5.67. The number of imide groups is 1. The molecule has 130 valence electrons. The number of carbonyl (C=O) groups is 3. The minimum atomic E-state index is -2.93. The van der Waals surface area contributed by atoms with Crippen molar-refractivity contribution in [3.63, 3.8) is 0 Å². The molecule has 1 aliphatic heterocycles. The van der Waals surface area contributed by atoms with Crippen LogP contribution >= 0.6 is 0 Å². The van der Waals surface area contributed by atoms with Crippen LogP contribution in [0.15, 0.2) is 24.3 Å². The number of hydrogen-bond acceptors (Lipinski definition) is 4. The van der Waals surface area contributed by atoms with E-state index in [2.05, 4.69) is 15.4 Å². The lowest BCUT2D eigenvalue weighted by Crippen LogP contribution is -2.38. The second-order valence-corrected chi connectivity index (χ2v) is 5.17. The Bertz CT molecular complexity index is 622. The Morgan fingerprint density at radius 2 is 2.00 bits per heavy atom. The topological polar surface area (TPSA) is 87.7 Å². The van der Waals surface area contributed by atoms with E-state index >= 15 is 0 Å². The van der Waals surface area contributed by atoms with Crippen molar-refractivity contribution in [2.24, 2.45) is 0 Å². The van der Waals surface area contributed by atoms with E-state index in [1.54, 1.807) is 0 Å². The van der Waals surface area contributed by atoms with Gasteiger partial charge in [0.05, 0.1) is 0 Å². The molecule has 0 aromatic heterocycles. The van der Waals surface area contributed by atoms with Gasteiger partial charge < -0.3 is 15.4 Å². The molecule has 1 heterocycles. The van der Waals surface area contributed by atoms with E-state index in [0.717, 1.165) is 11.3 Å². The number of nitrogens with zero attached hydrogens (tertiary/aromatic N) is 1. The molecule has 0 spiro atoms. The zero-order valence-electron chi connectivity index (χ0n) is 12.9. The summed E-state index contributed by atoms with van der Waals surface area (Å²) >= 11 is 0. The fraction of sp³-hybridized carbons (Fsp3) is 0.400.